The second-order valence-electron chi connectivity index (χ2n) is 4.88. The first-order chi connectivity index (χ1) is 7.69. The molecule has 0 aliphatic heterocycles. The van der Waals surface area contributed by atoms with Crippen molar-refractivity contribution in [2.75, 3.05) is 26.8 Å². The molecule has 1 saturated carbocycles. The van der Waals surface area contributed by atoms with Crippen LogP contribution in [0, 0.1) is 5.92 Å². The summed E-state index contributed by atoms with van der Waals surface area (Å²) in [6.07, 6.45) is 4.20. The highest BCUT2D eigenvalue weighted by atomic mass is 16.5. The molecule has 16 heavy (non-hydrogen) atoms. The molecule has 0 heterocycles. The zero-order valence-electron chi connectivity index (χ0n) is 11.0. The van der Waals surface area contributed by atoms with Crippen LogP contribution in [-0.2, 0) is 4.74 Å². The molecular formula is C13H27NO2. The van der Waals surface area contributed by atoms with Crippen molar-refractivity contribution < 1.29 is 9.84 Å². The third kappa shape index (κ3) is 4.04. The Morgan fingerprint density at radius 1 is 1.31 bits per heavy atom. The van der Waals surface area contributed by atoms with Gasteiger partial charge >= 0.3 is 0 Å². The van der Waals surface area contributed by atoms with E-state index < -0.39 is 0 Å². The molecule has 0 aromatic carbocycles. The number of hydrogen-bond donors (Lipinski definition) is 1. The standard InChI is InChI=1S/C13H27NO2/c1-4-11-6-7-12(15)10-13(11)14(3)8-9-16-5-2/h11-13,15H,4-10H2,1-3H3. The van der Waals surface area contributed by atoms with Crippen LogP contribution in [0.4, 0.5) is 0 Å². The largest absolute Gasteiger partial charge is 0.393 e. The van der Waals surface area contributed by atoms with E-state index in [1.54, 1.807) is 0 Å². The molecule has 1 aliphatic rings. The van der Waals surface area contributed by atoms with Gasteiger partial charge in [-0.25, -0.2) is 0 Å². The zero-order chi connectivity index (χ0) is 12.0. The maximum absolute atomic E-state index is 9.76. The van der Waals surface area contributed by atoms with Gasteiger partial charge in [-0.3, -0.25) is 0 Å². The molecule has 3 heteroatoms. The Bertz CT molecular complexity index is 187. The molecular weight excluding hydrogens is 202 g/mol. The fourth-order valence-electron chi connectivity index (χ4n) is 2.72. The molecule has 0 bridgehead atoms. The normalized spacial score (nSPS) is 30.9. The highest BCUT2D eigenvalue weighted by molar-refractivity contribution is 4.85. The van der Waals surface area contributed by atoms with Gasteiger partial charge in [-0.05, 0) is 39.2 Å². The van der Waals surface area contributed by atoms with E-state index in [1.165, 1.54) is 12.8 Å². The van der Waals surface area contributed by atoms with E-state index in [0.29, 0.717) is 6.04 Å². The molecule has 0 amide bonds. The molecule has 1 aliphatic carbocycles. The van der Waals surface area contributed by atoms with Crippen molar-refractivity contribution in [1.82, 2.24) is 4.90 Å². The average molecular weight is 229 g/mol. The van der Waals surface area contributed by atoms with Crippen LogP contribution in [0.1, 0.15) is 39.5 Å². The van der Waals surface area contributed by atoms with Crippen LogP contribution >= 0.6 is 0 Å². The maximum atomic E-state index is 9.76. The van der Waals surface area contributed by atoms with Crippen molar-refractivity contribution in [3.8, 4) is 0 Å². The lowest BCUT2D eigenvalue weighted by molar-refractivity contribution is 0.0230. The SMILES string of the molecule is CCOCCN(C)C1CC(O)CCC1CC. The Hall–Kier alpha value is -0.120. The molecule has 0 radical (unpaired) electrons. The lowest BCUT2D eigenvalue weighted by Gasteiger charge is -2.39. The second-order valence-corrected chi connectivity index (χ2v) is 4.88. The van der Waals surface area contributed by atoms with Crippen molar-refractivity contribution in [3.05, 3.63) is 0 Å². The quantitative estimate of drug-likeness (QED) is 0.706. The van der Waals surface area contributed by atoms with Gasteiger partial charge in [-0.2, -0.15) is 0 Å². The van der Waals surface area contributed by atoms with Gasteiger partial charge < -0.3 is 14.7 Å². The lowest BCUT2D eigenvalue weighted by Crippen LogP contribution is -2.44. The number of hydrogen-bond acceptors (Lipinski definition) is 3. The molecule has 0 saturated heterocycles. The van der Waals surface area contributed by atoms with Crippen LogP contribution in [0.25, 0.3) is 0 Å². The summed E-state index contributed by atoms with van der Waals surface area (Å²) in [4.78, 5) is 2.37. The lowest BCUT2D eigenvalue weighted by atomic mass is 9.80. The Labute approximate surface area is 99.8 Å². The molecule has 3 nitrogen and oxygen atoms in total. The predicted octanol–water partition coefficient (Wildman–Crippen LogP) is 1.89. The van der Waals surface area contributed by atoms with Gasteiger partial charge in [-0.1, -0.05) is 13.3 Å². The molecule has 3 atom stereocenters. The van der Waals surface area contributed by atoms with Crippen molar-refractivity contribution in [1.29, 1.82) is 0 Å². The first-order valence-electron chi connectivity index (χ1n) is 6.65. The highest BCUT2D eigenvalue weighted by Gasteiger charge is 2.30. The number of aliphatic hydroxyl groups excluding tert-OH is 1. The van der Waals surface area contributed by atoms with Crippen LogP contribution < -0.4 is 0 Å². The summed E-state index contributed by atoms with van der Waals surface area (Å²) in [7, 11) is 2.16. The van der Waals surface area contributed by atoms with Crippen molar-refractivity contribution in [3.63, 3.8) is 0 Å². The first-order valence-corrected chi connectivity index (χ1v) is 6.65. The van der Waals surface area contributed by atoms with Gasteiger partial charge in [0, 0.05) is 19.2 Å². The molecule has 1 rings (SSSR count). The fourth-order valence-corrected chi connectivity index (χ4v) is 2.72. The Balaban J connectivity index is 2.39. The Kier molecular flexibility index (Phi) is 6.32. The summed E-state index contributed by atoms with van der Waals surface area (Å²) in [5.74, 6) is 0.745. The summed E-state index contributed by atoms with van der Waals surface area (Å²) in [5, 5.41) is 9.76. The summed E-state index contributed by atoms with van der Waals surface area (Å²) in [5.41, 5.74) is 0. The molecule has 96 valence electrons. The molecule has 0 aromatic rings. The number of aliphatic hydroxyl groups is 1. The van der Waals surface area contributed by atoms with Crippen LogP contribution in [0.15, 0.2) is 0 Å². The molecule has 3 unspecified atom stereocenters. The minimum Gasteiger partial charge on any atom is -0.393 e. The van der Waals surface area contributed by atoms with E-state index in [1.807, 2.05) is 6.92 Å². The summed E-state index contributed by atoms with van der Waals surface area (Å²) in [6, 6.07) is 0.536. The van der Waals surface area contributed by atoms with Crippen molar-refractivity contribution >= 4 is 0 Å². The third-order valence-corrected chi connectivity index (χ3v) is 3.81. The topological polar surface area (TPSA) is 32.7 Å². The van der Waals surface area contributed by atoms with E-state index in [2.05, 4.69) is 18.9 Å². The predicted molar refractivity (Wildman–Crippen MR) is 66.5 cm³/mol. The molecule has 0 aromatic heterocycles. The fraction of sp³-hybridized carbons (Fsp3) is 1.00. The first kappa shape index (κ1) is 13.9. The number of rotatable bonds is 6. The molecule has 0 spiro atoms. The van der Waals surface area contributed by atoms with E-state index in [0.717, 1.165) is 38.5 Å². The van der Waals surface area contributed by atoms with E-state index >= 15 is 0 Å². The van der Waals surface area contributed by atoms with Crippen LogP contribution in [0.3, 0.4) is 0 Å². The Morgan fingerprint density at radius 3 is 2.69 bits per heavy atom. The number of nitrogens with zero attached hydrogens (tertiary/aromatic N) is 1. The molecule has 1 fully saturated rings. The van der Waals surface area contributed by atoms with Gasteiger partial charge in [-0.15, -0.1) is 0 Å². The van der Waals surface area contributed by atoms with E-state index in [9.17, 15) is 5.11 Å². The second kappa shape index (κ2) is 7.25. The van der Waals surface area contributed by atoms with Gasteiger partial charge in [0.25, 0.3) is 0 Å². The summed E-state index contributed by atoms with van der Waals surface area (Å²) in [6.45, 7) is 6.85. The minimum atomic E-state index is -0.0951. The van der Waals surface area contributed by atoms with Crippen molar-refractivity contribution in [2.45, 2.75) is 51.7 Å². The van der Waals surface area contributed by atoms with E-state index in [4.69, 9.17) is 4.74 Å². The average Bonchev–Trinajstić information content (AvgIpc) is 2.29. The highest BCUT2D eigenvalue weighted by Crippen LogP contribution is 2.30. The van der Waals surface area contributed by atoms with Gasteiger partial charge in [0.15, 0.2) is 0 Å². The monoisotopic (exact) mass is 229 g/mol. The zero-order valence-corrected chi connectivity index (χ0v) is 11.0. The van der Waals surface area contributed by atoms with E-state index in [-0.39, 0.29) is 6.10 Å². The number of ether oxygens (including phenoxy) is 1. The summed E-state index contributed by atoms with van der Waals surface area (Å²) >= 11 is 0. The minimum absolute atomic E-state index is 0.0951. The van der Waals surface area contributed by atoms with Crippen LogP contribution in [0.5, 0.6) is 0 Å². The smallest absolute Gasteiger partial charge is 0.0593 e. The van der Waals surface area contributed by atoms with Gasteiger partial charge in [0.05, 0.1) is 12.7 Å². The summed E-state index contributed by atoms with van der Waals surface area (Å²) < 4.78 is 5.39. The van der Waals surface area contributed by atoms with Crippen molar-refractivity contribution in [2.24, 2.45) is 5.92 Å². The van der Waals surface area contributed by atoms with Crippen LogP contribution in [-0.4, -0.2) is 49.0 Å². The Morgan fingerprint density at radius 2 is 2.06 bits per heavy atom. The van der Waals surface area contributed by atoms with Gasteiger partial charge in [0.2, 0.25) is 0 Å². The third-order valence-electron chi connectivity index (χ3n) is 3.81. The maximum Gasteiger partial charge on any atom is 0.0593 e. The van der Waals surface area contributed by atoms with Crippen LogP contribution in [0.2, 0.25) is 0 Å². The molecule has 1 N–H and O–H groups in total. The van der Waals surface area contributed by atoms with Gasteiger partial charge in [0.1, 0.15) is 0 Å². The number of likely N-dealkylation sites (N-methyl/N-ethyl adjacent to an activating group) is 1.